The van der Waals surface area contributed by atoms with Gasteiger partial charge in [0.25, 0.3) is 0 Å². The number of hydrogen-bond donors (Lipinski definition) is 1. The number of rotatable bonds is 2. The molecule has 0 aromatic rings. The lowest BCUT2D eigenvalue weighted by atomic mass is 10.0. The normalized spacial score (nSPS) is 22.2. The number of aliphatic carboxylic acids is 1. The molecule has 4 heteroatoms. The van der Waals surface area contributed by atoms with Crippen molar-refractivity contribution in [2.45, 2.75) is 12.5 Å². The van der Waals surface area contributed by atoms with Gasteiger partial charge in [-0.15, -0.1) is 0 Å². The molecule has 0 aromatic carbocycles. The van der Waals surface area contributed by atoms with Crippen LogP contribution >= 0.6 is 0 Å². The molecular formula is C7H9NO3. The largest absolute Gasteiger partial charge is 0.480 e. The minimum Gasteiger partial charge on any atom is -0.480 e. The van der Waals surface area contributed by atoms with Crippen LogP contribution in [0, 0.1) is 0 Å². The van der Waals surface area contributed by atoms with Crippen molar-refractivity contribution in [1.82, 2.24) is 4.90 Å². The minimum absolute atomic E-state index is 0.302. The van der Waals surface area contributed by atoms with E-state index in [1.54, 1.807) is 0 Å². The molecule has 0 saturated carbocycles. The Kier molecular flexibility index (Phi) is 1.94. The monoisotopic (exact) mass is 155 g/mol. The third-order valence-electron chi connectivity index (χ3n) is 1.76. The summed E-state index contributed by atoms with van der Waals surface area (Å²) in [5, 5.41) is 8.52. The van der Waals surface area contributed by atoms with E-state index in [1.807, 2.05) is 0 Å². The maximum Gasteiger partial charge on any atom is 0.326 e. The van der Waals surface area contributed by atoms with Crippen LogP contribution in [0.4, 0.5) is 0 Å². The van der Waals surface area contributed by atoms with Gasteiger partial charge in [-0.2, -0.15) is 0 Å². The van der Waals surface area contributed by atoms with Crippen LogP contribution in [0.1, 0.15) is 6.42 Å². The van der Waals surface area contributed by atoms with E-state index in [-0.39, 0.29) is 5.91 Å². The molecule has 1 atom stereocenters. The molecule has 4 nitrogen and oxygen atoms in total. The molecule has 0 bridgehead atoms. The maximum absolute atomic E-state index is 10.9. The molecule has 0 unspecified atom stereocenters. The van der Waals surface area contributed by atoms with Crippen LogP contribution in [0.25, 0.3) is 0 Å². The van der Waals surface area contributed by atoms with Gasteiger partial charge in [-0.05, 0) is 12.5 Å². The Bertz CT molecular complexity index is 212. The first-order valence-corrected chi connectivity index (χ1v) is 3.32. The molecule has 0 spiro atoms. The fourth-order valence-electron chi connectivity index (χ4n) is 1.03. The van der Waals surface area contributed by atoms with Gasteiger partial charge in [0.2, 0.25) is 5.91 Å². The fourth-order valence-corrected chi connectivity index (χ4v) is 1.03. The average Bonchev–Trinajstić information content (AvgIpc) is 1.83. The number of hydrogen-bond acceptors (Lipinski definition) is 2. The molecule has 1 N–H and O–H groups in total. The molecule has 1 amide bonds. The fraction of sp³-hybridized carbons (Fsp3) is 0.429. The van der Waals surface area contributed by atoms with Gasteiger partial charge >= 0.3 is 5.97 Å². The number of carboxylic acids is 1. The first-order valence-electron chi connectivity index (χ1n) is 3.32. The van der Waals surface area contributed by atoms with Crippen LogP contribution in [0.15, 0.2) is 12.7 Å². The molecule has 1 rings (SSSR count). The summed E-state index contributed by atoms with van der Waals surface area (Å²) in [7, 11) is 0. The molecule has 1 saturated heterocycles. The number of carboxylic acid groups (broad SMARTS) is 1. The van der Waals surface area contributed by atoms with Crippen molar-refractivity contribution in [2.24, 2.45) is 0 Å². The lowest BCUT2D eigenvalue weighted by molar-refractivity contribution is -0.154. The summed E-state index contributed by atoms with van der Waals surface area (Å²) in [6, 6.07) is -0.625. The van der Waals surface area contributed by atoms with Gasteiger partial charge in [0.1, 0.15) is 6.04 Å². The summed E-state index contributed by atoms with van der Waals surface area (Å²) in [4.78, 5) is 22.5. The molecule has 60 valence electrons. The smallest absolute Gasteiger partial charge is 0.326 e. The van der Waals surface area contributed by atoms with Gasteiger partial charge in [0.15, 0.2) is 0 Å². The second kappa shape index (κ2) is 2.74. The zero-order chi connectivity index (χ0) is 8.43. The van der Waals surface area contributed by atoms with E-state index >= 15 is 0 Å². The predicted molar refractivity (Wildman–Crippen MR) is 38.0 cm³/mol. The van der Waals surface area contributed by atoms with E-state index in [0.29, 0.717) is 13.0 Å². The van der Waals surface area contributed by atoms with Gasteiger partial charge in [0, 0.05) is 6.54 Å². The third-order valence-corrected chi connectivity index (χ3v) is 1.76. The molecule has 0 radical (unpaired) electrons. The summed E-state index contributed by atoms with van der Waals surface area (Å²) in [6.07, 6.45) is 1.68. The van der Waals surface area contributed by atoms with Gasteiger partial charge < -0.3 is 10.0 Å². The summed E-state index contributed by atoms with van der Waals surface area (Å²) < 4.78 is 0. The van der Waals surface area contributed by atoms with Crippen molar-refractivity contribution in [3.63, 3.8) is 0 Å². The molecule has 11 heavy (non-hydrogen) atoms. The van der Waals surface area contributed by atoms with E-state index in [4.69, 9.17) is 5.11 Å². The first kappa shape index (κ1) is 7.78. The summed E-state index contributed by atoms with van der Waals surface area (Å²) in [5.74, 6) is -1.24. The van der Waals surface area contributed by atoms with Crippen LogP contribution < -0.4 is 0 Å². The van der Waals surface area contributed by atoms with Crippen molar-refractivity contribution < 1.29 is 14.7 Å². The highest BCUT2D eigenvalue weighted by Gasteiger charge is 2.36. The Labute approximate surface area is 64.1 Å². The van der Waals surface area contributed by atoms with Crippen LogP contribution in [0.5, 0.6) is 0 Å². The summed E-state index contributed by atoms with van der Waals surface area (Å²) in [5.41, 5.74) is 0. The number of carbonyl (C=O) groups is 2. The highest BCUT2D eigenvalue weighted by Crippen LogP contribution is 2.17. The topological polar surface area (TPSA) is 57.6 Å². The highest BCUT2D eigenvalue weighted by atomic mass is 16.4. The molecule has 1 aliphatic heterocycles. The van der Waals surface area contributed by atoms with Crippen LogP contribution in [0.3, 0.4) is 0 Å². The molecular weight excluding hydrogens is 146 g/mol. The van der Waals surface area contributed by atoms with Crippen molar-refractivity contribution in [3.05, 3.63) is 12.7 Å². The number of nitrogens with zero attached hydrogens (tertiary/aromatic N) is 1. The first-order chi connectivity index (χ1) is 5.16. The van der Waals surface area contributed by atoms with Crippen molar-refractivity contribution in [2.75, 3.05) is 6.54 Å². The zero-order valence-corrected chi connectivity index (χ0v) is 5.99. The van der Waals surface area contributed by atoms with Crippen molar-refractivity contribution >= 4 is 11.9 Å². The van der Waals surface area contributed by atoms with Gasteiger partial charge in [-0.25, -0.2) is 4.79 Å². The van der Waals surface area contributed by atoms with E-state index in [0.717, 1.165) is 6.08 Å². The Morgan fingerprint density at radius 1 is 1.64 bits per heavy atom. The van der Waals surface area contributed by atoms with Crippen molar-refractivity contribution in [3.8, 4) is 0 Å². The SMILES string of the molecule is C=CC(=O)N1CC[C@H]1C(=O)O. The Hall–Kier alpha value is -1.32. The van der Waals surface area contributed by atoms with E-state index in [9.17, 15) is 9.59 Å². The summed E-state index contributed by atoms with van der Waals surface area (Å²) in [6.45, 7) is 3.80. The summed E-state index contributed by atoms with van der Waals surface area (Å²) >= 11 is 0. The molecule has 1 fully saturated rings. The van der Waals surface area contributed by atoms with E-state index in [2.05, 4.69) is 6.58 Å². The second-order valence-corrected chi connectivity index (χ2v) is 2.38. The number of amides is 1. The Morgan fingerprint density at radius 2 is 2.27 bits per heavy atom. The Balaban J connectivity index is 2.56. The highest BCUT2D eigenvalue weighted by molar-refractivity contribution is 5.92. The van der Waals surface area contributed by atoms with Crippen molar-refractivity contribution in [1.29, 1.82) is 0 Å². The number of likely N-dealkylation sites (tertiary alicyclic amines) is 1. The van der Waals surface area contributed by atoms with Crippen LogP contribution in [-0.2, 0) is 9.59 Å². The quantitative estimate of drug-likeness (QED) is 0.564. The predicted octanol–water partition coefficient (Wildman–Crippen LogP) is -0.142. The standard InChI is InChI=1S/C7H9NO3/c1-2-6(9)8-4-3-5(8)7(10)11/h2,5H,1,3-4H2,(H,10,11)/t5-/m0/s1. The van der Waals surface area contributed by atoms with Crippen LogP contribution in [-0.4, -0.2) is 34.5 Å². The van der Waals surface area contributed by atoms with Crippen LogP contribution in [0.2, 0.25) is 0 Å². The van der Waals surface area contributed by atoms with Gasteiger partial charge in [-0.3, -0.25) is 4.79 Å². The minimum atomic E-state index is -0.938. The van der Waals surface area contributed by atoms with Gasteiger partial charge in [0.05, 0.1) is 0 Å². The lowest BCUT2D eigenvalue weighted by Crippen LogP contribution is -2.54. The maximum atomic E-state index is 10.9. The zero-order valence-electron chi connectivity index (χ0n) is 5.99. The molecule has 0 aliphatic carbocycles. The average molecular weight is 155 g/mol. The second-order valence-electron chi connectivity index (χ2n) is 2.38. The third kappa shape index (κ3) is 1.24. The van der Waals surface area contributed by atoms with E-state index in [1.165, 1.54) is 4.90 Å². The van der Waals surface area contributed by atoms with Gasteiger partial charge in [-0.1, -0.05) is 6.58 Å². The number of carbonyl (C=O) groups excluding carboxylic acids is 1. The molecule has 1 aliphatic rings. The lowest BCUT2D eigenvalue weighted by Gasteiger charge is -2.37. The molecule has 1 heterocycles. The van der Waals surface area contributed by atoms with E-state index < -0.39 is 12.0 Å². The molecule has 0 aromatic heterocycles. The Morgan fingerprint density at radius 3 is 2.55 bits per heavy atom.